The summed E-state index contributed by atoms with van der Waals surface area (Å²) in [6.45, 7) is 19.1. The first-order valence-electron chi connectivity index (χ1n) is 27.1. The van der Waals surface area contributed by atoms with Gasteiger partial charge in [-0.15, -0.1) is 11.3 Å². The number of nitrogens with zero attached hydrogens (tertiary/aromatic N) is 3. The van der Waals surface area contributed by atoms with Gasteiger partial charge < -0.3 is 42.6 Å². The molecule has 0 bridgehead atoms. The molecule has 2 heterocycles. The number of urea groups is 1. The Kier molecular flexibility index (Phi) is 27.0. The number of anilines is 1. The number of carbonyl (C=O) groups excluding carboxylic acids is 7. The van der Waals surface area contributed by atoms with E-state index in [1.54, 1.807) is 38.1 Å². The van der Waals surface area contributed by atoms with E-state index in [0.29, 0.717) is 36.4 Å². The van der Waals surface area contributed by atoms with E-state index in [4.69, 9.17) is 21.0 Å². The number of unbranched alkanes of at least 4 members (excludes halogenated alkanes) is 2. The average Bonchev–Trinajstić information content (AvgIpc) is 3.86. The highest BCUT2D eigenvalue weighted by atomic mass is 32.1. The van der Waals surface area contributed by atoms with Gasteiger partial charge in [0.05, 0.1) is 30.1 Å². The molecule has 1 aromatic carbocycles. The van der Waals surface area contributed by atoms with Gasteiger partial charge in [-0.2, -0.15) is 0 Å². The van der Waals surface area contributed by atoms with Gasteiger partial charge in [-0.3, -0.25) is 43.3 Å². The Balaban J connectivity index is 1.90. The maximum atomic E-state index is 14.9. The molecule has 0 saturated carbocycles. The number of rotatable bonds is 33. The van der Waals surface area contributed by atoms with Gasteiger partial charge >= 0.3 is 18.0 Å². The summed E-state index contributed by atoms with van der Waals surface area (Å²) in [5, 5.41) is 24.8. The summed E-state index contributed by atoms with van der Waals surface area (Å²) in [7, 11) is 1.92. The third-order valence-corrected chi connectivity index (χ3v) is 15.2. The zero-order valence-electron chi connectivity index (χ0n) is 46.9. The number of esters is 1. The smallest absolute Gasteiger partial charge is 0.312 e. The van der Waals surface area contributed by atoms with Crippen LogP contribution in [0.4, 0.5) is 10.5 Å². The van der Waals surface area contributed by atoms with Gasteiger partial charge in [0.1, 0.15) is 16.7 Å². The number of thiazole rings is 1. The number of Topliss-reactive ketones (excluding diaryl/α,β-unsaturated/α-hetero) is 1. The molecule has 0 radical (unpaired) electrons. The Labute approximate surface area is 454 Å². The number of likely N-dealkylation sites (tertiary alicyclic amines) is 1. The number of aliphatic carboxylic acids is 1. The van der Waals surface area contributed by atoms with E-state index in [0.717, 1.165) is 49.1 Å². The van der Waals surface area contributed by atoms with Crippen molar-refractivity contribution >= 4 is 64.4 Å². The van der Waals surface area contributed by atoms with Crippen LogP contribution in [-0.4, -0.2) is 124 Å². The van der Waals surface area contributed by atoms with Crippen LogP contribution in [0.2, 0.25) is 0 Å². The first-order chi connectivity index (χ1) is 35.8. The number of hydrogen-bond donors (Lipinski definition) is 7. The van der Waals surface area contributed by atoms with Crippen molar-refractivity contribution in [2.75, 3.05) is 32.1 Å². The van der Waals surface area contributed by atoms with E-state index in [-0.39, 0.29) is 86.4 Å². The molecule has 1 aromatic heterocycles. The standard InChI is InChI=1S/C55H89N9O11S/c1-12-14-17-27-74-64(52(70)47(35(7)13-2)62-50(69)42-20-15-16-26-63(42)11)43(33(3)4)30-45(75-36(8)65)51-61-41(32-76-51)49(68)60-40(31-55(9,10)53(71)72)28-37-21-23-39(24-22-37)59-48(67)38(19-18-25-58-54(57)73)29-44(66)46(56)34(5)6/h21-24,32-35,38,40,42-43,45-47H,12-20,25-31,56H2,1-11H3,(H,59,67)(H,60,68)(H,62,69)(H,71,72)(H3,57,58,73)/t35-,38+,40-,42+,43+,45+,46-,47-/m0/s1. The molecule has 1 fully saturated rings. The van der Waals surface area contributed by atoms with Crippen molar-refractivity contribution < 1.29 is 53.0 Å². The van der Waals surface area contributed by atoms with Crippen LogP contribution in [-0.2, 0) is 44.8 Å². The number of likely N-dealkylation sites (N-methyl/N-ethyl adjacent to an activating group) is 1. The number of carbonyl (C=O) groups is 8. The number of aromatic nitrogens is 1. The van der Waals surface area contributed by atoms with Crippen molar-refractivity contribution in [3.63, 3.8) is 0 Å². The summed E-state index contributed by atoms with van der Waals surface area (Å²) in [5.74, 6) is -4.84. The van der Waals surface area contributed by atoms with Crippen LogP contribution in [0.25, 0.3) is 0 Å². The molecule has 1 aliphatic heterocycles. The van der Waals surface area contributed by atoms with Crippen LogP contribution in [0.1, 0.15) is 173 Å². The van der Waals surface area contributed by atoms with Gasteiger partial charge in [0.2, 0.25) is 11.8 Å². The Morgan fingerprint density at radius 3 is 2.22 bits per heavy atom. The van der Waals surface area contributed by atoms with Crippen LogP contribution >= 0.6 is 11.3 Å². The fraction of sp³-hybridized carbons (Fsp3) is 0.691. The Bertz CT molecular complexity index is 2220. The monoisotopic (exact) mass is 1080 g/mol. The van der Waals surface area contributed by atoms with Gasteiger partial charge in [0.25, 0.3) is 11.8 Å². The second-order valence-corrected chi connectivity index (χ2v) is 22.7. The highest BCUT2D eigenvalue weighted by Crippen LogP contribution is 2.33. The number of primary amides is 1. The maximum Gasteiger partial charge on any atom is 0.312 e. The minimum absolute atomic E-state index is 0.0122. The predicted molar refractivity (Wildman–Crippen MR) is 293 cm³/mol. The molecule has 1 saturated heterocycles. The quantitative estimate of drug-likeness (QED) is 0.0217. The van der Waals surface area contributed by atoms with Gasteiger partial charge in [-0.25, -0.2) is 14.8 Å². The molecule has 3 rings (SSSR count). The molecule has 426 valence electrons. The number of hydroxylamine groups is 2. The van der Waals surface area contributed by atoms with E-state index < -0.39 is 77.3 Å². The highest BCUT2D eigenvalue weighted by Gasteiger charge is 2.40. The summed E-state index contributed by atoms with van der Waals surface area (Å²) >= 11 is 1.10. The number of hydrogen-bond acceptors (Lipinski definition) is 14. The van der Waals surface area contributed by atoms with Crippen molar-refractivity contribution in [1.29, 1.82) is 0 Å². The number of carboxylic acids is 1. The van der Waals surface area contributed by atoms with Gasteiger partial charge in [-0.05, 0) is 108 Å². The zero-order valence-corrected chi connectivity index (χ0v) is 47.7. The summed E-state index contributed by atoms with van der Waals surface area (Å²) in [4.78, 5) is 119. The van der Waals surface area contributed by atoms with E-state index in [1.165, 1.54) is 17.4 Å². The van der Waals surface area contributed by atoms with E-state index in [9.17, 15) is 43.5 Å². The van der Waals surface area contributed by atoms with Crippen LogP contribution in [0.5, 0.6) is 0 Å². The lowest BCUT2D eigenvalue weighted by Crippen LogP contribution is -2.58. The van der Waals surface area contributed by atoms with Crippen LogP contribution in [0.15, 0.2) is 29.6 Å². The first kappa shape index (κ1) is 64.8. The number of nitrogens with two attached hydrogens (primary N) is 2. The number of carboxylic acid groups (broad SMARTS) is 1. The lowest BCUT2D eigenvalue weighted by Gasteiger charge is -2.39. The Morgan fingerprint density at radius 2 is 1.64 bits per heavy atom. The fourth-order valence-electron chi connectivity index (χ4n) is 9.14. The number of nitrogens with one attached hydrogen (secondary N) is 4. The van der Waals surface area contributed by atoms with Crippen LogP contribution < -0.4 is 32.7 Å². The number of ether oxygens (including phenoxy) is 1. The third kappa shape index (κ3) is 20.8. The SMILES string of the molecule is CCCCCON(C(=O)[C@@H](NC(=O)[C@H]1CCCCN1C)[C@@H](C)CC)[C@H](C[C@@H](OC(C)=O)c1nc(C(=O)N[C@@H](Cc2ccc(NC(=O)[C@H](CCCNC(N)=O)CC(=O)[C@@H](N)C(C)C)cc2)CC(C)(C)C(=O)O)cs1)C(C)C. The molecule has 9 N–H and O–H groups in total. The molecule has 0 spiro atoms. The molecule has 6 amide bonds. The van der Waals surface area contributed by atoms with Gasteiger partial charge in [0, 0.05) is 49.3 Å². The number of ketones is 1. The molecule has 20 nitrogen and oxygen atoms in total. The molecule has 76 heavy (non-hydrogen) atoms. The maximum absolute atomic E-state index is 14.9. The number of amides is 6. The lowest BCUT2D eigenvalue weighted by atomic mass is 9.84. The zero-order chi connectivity index (χ0) is 56.9. The second-order valence-electron chi connectivity index (χ2n) is 21.8. The minimum atomic E-state index is -1.26. The highest BCUT2D eigenvalue weighted by molar-refractivity contribution is 7.09. The first-order valence-corrected chi connectivity index (χ1v) is 28.0. The number of benzene rings is 1. The molecular weight excluding hydrogens is 995 g/mol. The Hall–Kier alpha value is -5.51. The molecule has 0 aliphatic carbocycles. The largest absolute Gasteiger partial charge is 0.481 e. The topological polar surface area (TPSA) is 295 Å². The molecule has 21 heteroatoms. The van der Waals surface area contributed by atoms with E-state index in [2.05, 4.69) is 33.2 Å². The van der Waals surface area contributed by atoms with Crippen molar-refractivity contribution in [2.24, 2.45) is 40.6 Å². The summed E-state index contributed by atoms with van der Waals surface area (Å²) in [6, 6.07) is 2.78. The van der Waals surface area contributed by atoms with E-state index in [1.807, 2.05) is 53.5 Å². The van der Waals surface area contributed by atoms with Crippen molar-refractivity contribution in [2.45, 2.75) is 189 Å². The van der Waals surface area contributed by atoms with E-state index >= 15 is 0 Å². The Morgan fingerprint density at radius 1 is 0.961 bits per heavy atom. The molecular formula is C55H89N9O11S. The molecule has 8 atom stereocenters. The predicted octanol–water partition coefficient (Wildman–Crippen LogP) is 6.92. The van der Waals surface area contributed by atoms with Gasteiger partial charge in [0.15, 0.2) is 11.9 Å². The van der Waals surface area contributed by atoms with Crippen LogP contribution in [0.3, 0.4) is 0 Å². The number of piperidine rings is 1. The summed E-state index contributed by atoms with van der Waals surface area (Å²) in [5.41, 5.74) is 11.2. The van der Waals surface area contributed by atoms with Crippen molar-refractivity contribution in [3.8, 4) is 0 Å². The fourth-order valence-corrected chi connectivity index (χ4v) is 9.98. The second kappa shape index (κ2) is 31.6. The average molecular weight is 1080 g/mol. The van der Waals surface area contributed by atoms with Crippen LogP contribution in [0, 0.1) is 29.1 Å². The lowest BCUT2D eigenvalue weighted by molar-refractivity contribution is -0.213. The van der Waals surface area contributed by atoms with Crippen molar-refractivity contribution in [1.82, 2.24) is 30.9 Å². The normalized spacial score (nSPS) is 16.8. The van der Waals surface area contributed by atoms with Crippen molar-refractivity contribution in [3.05, 3.63) is 45.9 Å². The minimum Gasteiger partial charge on any atom is -0.481 e. The molecule has 0 unspecified atom stereocenters. The third-order valence-electron chi connectivity index (χ3n) is 14.2. The molecule has 2 aromatic rings. The summed E-state index contributed by atoms with van der Waals surface area (Å²) in [6.07, 6.45) is 5.58. The summed E-state index contributed by atoms with van der Waals surface area (Å²) < 4.78 is 5.91. The molecule has 1 aliphatic rings. The van der Waals surface area contributed by atoms with Gasteiger partial charge in [-0.1, -0.05) is 86.3 Å².